The summed E-state index contributed by atoms with van der Waals surface area (Å²) in [4.78, 5) is 0. The van der Waals surface area contributed by atoms with Crippen LogP contribution in [0.5, 0.6) is 0 Å². The third-order valence-electron chi connectivity index (χ3n) is 6.48. The van der Waals surface area contributed by atoms with E-state index in [1.807, 2.05) is 57.2 Å². The molecule has 0 aromatic carbocycles. The Bertz CT molecular complexity index is 1170. The minimum atomic E-state index is -1.15. The van der Waals surface area contributed by atoms with Crippen molar-refractivity contribution >= 4 is 0 Å². The maximum Gasteiger partial charge on any atom is 0.101 e. The van der Waals surface area contributed by atoms with Gasteiger partial charge in [0.05, 0.1) is 5.60 Å². The van der Waals surface area contributed by atoms with Gasteiger partial charge in [0.25, 0.3) is 0 Å². The van der Waals surface area contributed by atoms with Gasteiger partial charge in [-0.1, -0.05) is 142 Å². The summed E-state index contributed by atoms with van der Waals surface area (Å²) in [5.41, 5.74) is 7.37. The first-order valence-corrected chi connectivity index (χ1v) is 15.1. The maximum absolute atomic E-state index is 10.5. The van der Waals surface area contributed by atoms with Gasteiger partial charge in [-0.05, 0) is 94.9 Å². The van der Waals surface area contributed by atoms with Gasteiger partial charge in [0.2, 0.25) is 0 Å². The predicted molar refractivity (Wildman–Crippen MR) is 188 cm³/mol. The summed E-state index contributed by atoms with van der Waals surface area (Å²) >= 11 is 0. The first-order chi connectivity index (χ1) is 19.7. The van der Waals surface area contributed by atoms with Crippen molar-refractivity contribution in [1.29, 1.82) is 0 Å². The number of hydrogen-bond donors (Lipinski definition) is 2. The lowest BCUT2D eigenvalue weighted by molar-refractivity contribution is -0.0427. The molecule has 0 aliphatic rings. The molecule has 2 N–H and O–H groups in total. The molecule has 2 unspecified atom stereocenters. The van der Waals surface area contributed by atoms with Gasteiger partial charge in [0.1, 0.15) is 6.10 Å². The van der Waals surface area contributed by atoms with E-state index < -0.39 is 11.7 Å². The van der Waals surface area contributed by atoms with Crippen molar-refractivity contribution in [3.8, 4) is 0 Å². The second kappa shape index (κ2) is 22.4. The minimum absolute atomic E-state index is 0.513. The van der Waals surface area contributed by atoms with E-state index in [9.17, 15) is 10.2 Å². The molecule has 0 spiro atoms. The summed E-state index contributed by atoms with van der Waals surface area (Å²) in [6.45, 7) is 20.5. The summed E-state index contributed by atoms with van der Waals surface area (Å²) in [5.74, 6) is 0. The SMILES string of the molecule is CC(C)=CCC/C(C)=C/C=C/C(C)=C/C=C/C(C)=C/C=C/C=C(C)/C=C/C=C(C)/C=C/C(O)C(C)(O)CCC=C(C)C. The molecule has 0 saturated heterocycles. The van der Waals surface area contributed by atoms with Crippen molar-refractivity contribution in [2.24, 2.45) is 0 Å². The van der Waals surface area contributed by atoms with Crippen molar-refractivity contribution < 1.29 is 10.2 Å². The van der Waals surface area contributed by atoms with E-state index in [4.69, 9.17) is 0 Å². The zero-order valence-corrected chi connectivity index (χ0v) is 28.1. The molecule has 0 bridgehead atoms. The monoisotopic (exact) mass is 570 g/mol. The molecule has 0 aliphatic heterocycles. The molecule has 2 heteroatoms. The van der Waals surface area contributed by atoms with Crippen molar-refractivity contribution in [1.82, 2.24) is 0 Å². The Morgan fingerprint density at radius 1 is 0.571 bits per heavy atom. The highest BCUT2D eigenvalue weighted by Gasteiger charge is 2.27. The molecule has 2 atom stereocenters. The molecule has 230 valence electrons. The van der Waals surface area contributed by atoms with Crippen molar-refractivity contribution in [2.75, 3.05) is 0 Å². The summed E-state index contributed by atoms with van der Waals surface area (Å²) in [6.07, 6.45) is 37.5. The third-order valence-corrected chi connectivity index (χ3v) is 6.48. The topological polar surface area (TPSA) is 40.5 Å². The number of aliphatic hydroxyl groups is 2. The van der Waals surface area contributed by atoms with Crippen LogP contribution in [0.1, 0.15) is 94.9 Å². The number of rotatable bonds is 17. The Hall–Kier alpha value is -3.20. The average molecular weight is 571 g/mol. The van der Waals surface area contributed by atoms with Gasteiger partial charge >= 0.3 is 0 Å². The fourth-order valence-corrected chi connectivity index (χ4v) is 3.63. The molecule has 0 aromatic rings. The fourth-order valence-electron chi connectivity index (χ4n) is 3.63. The first-order valence-electron chi connectivity index (χ1n) is 15.1. The van der Waals surface area contributed by atoms with Gasteiger partial charge in [-0.3, -0.25) is 0 Å². The lowest BCUT2D eigenvalue weighted by atomic mass is 9.92. The summed E-state index contributed by atoms with van der Waals surface area (Å²) in [5, 5.41) is 20.9. The van der Waals surface area contributed by atoms with E-state index >= 15 is 0 Å². The van der Waals surface area contributed by atoms with E-state index in [2.05, 4.69) is 102 Å². The van der Waals surface area contributed by atoms with Crippen LogP contribution in [-0.4, -0.2) is 21.9 Å². The highest BCUT2D eigenvalue weighted by atomic mass is 16.3. The van der Waals surface area contributed by atoms with E-state index in [1.165, 1.54) is 27.9 Å². The van der Waals surface area contributed by atoms with Crippen molar-refractivity contribution in [3.63, 3.8) is 0 Å². The molecular formula is C40H58O2. The predicted octanol–water partition coefficient (Wildman–Crippen LogP) is 11.1. The highest BCUT2D eigenvalue weighted by Crippen LogP contribution is 2.19. The van der Waals surface area contributed by atoms with Gasteiger partial charge in [0.15, 0.2) is 0 Å². The molecule has 0 heterocycles. The third kappa shape index (κ3) is 22.5. The molecular weight excluding hydrogens is 512 g/mol. The molecule has 0 fully saturated rings. The fraction of sp³-hybridized carbons (Fsp3) is 0.400. The van der Waals surface area contributed by atoms with Crippen LogP contribution < -0.4 is 0 Å². The van der Waals surface area contributed by atoms with Crippen molar-refractivity contribution in [3.05, 3.63) is 142 Å². The van der Waals surface area contributed by atoms with Gasteiger partial charge in [-0.25, -0.2) is 0 Å². The van der Waals surface area contributed by atoms with Crippen LogP contribution in [-0.2, 0) is 0 Å². The molecule has 0 saturated carbocycles. The number of allylic oxidation sites excluding steroid dienone is 23. The largest absolute Gasteiger partial charge is 0.387 e. The Morgan fingerprint density at radius 3 is 1.45 bits per heavy atom. The lowest BCUT2D eigenvalue weighted by Crippen LogP contribution is -2.37. The first kappa shape index (κ1) is 38.8. The van der Waals surface area contributed by atoms with Gasteiger partial charge in [-0.15, -0.1) is 0 Å². The van der Waals surface area contributed by atoms with Gasteiger partial charge < -0.3 is 10.2 Å². The Morgan fingerprint density at radius 2 is 0.976 bits per heavy atom. The molecule has 42 heavy (non-hydrogen) atoms. The van der Waals surface area contributed by atoms with Crippen LogP contribution in [0.2, 0.25) is 0 Å². The smallest absolute Gasteiger partial charge is 0.101 e. The Kier molecular flexibility index (Phi) is 20.7. The quantitative estimate of drug-likeness (QED) is 0.135. The zero-order chi connectivity index (χ0) is 32.0. The lowest BCUT2D eigenvalue weighted by Gasteiger charge is -2.26. The molecule has 2 nitrogen and oxygen atoms in total. The molecule has 0 aromatic heterocycles. The van der Waals surface area contributed by atoms with Crippen LogP contribution in [0.15, 0.2) is 142 Å². The molecule has 0 amide bonds. The highest BCUT2D eigenvalue weighted by molar-refractivity contribution is 5.32. The van der Waals surface area contributed by atoms with Gasteiger partial charge in [0, 0.05) is 0 Å². The van der Waals surface area contributed by atoms with E-state index in [0.29, 0.717) is 6.42 Å². The van der Waals surface area contributed by atoms with Crippen LogP contribution in [0.25, 0.3) is 0 Å². The minimum Gasteiger partial charge on any atom is -0.387 e. The van der Waals surface area contributed by atoms with Crippen LogP contribution >= 0.6 is 0 Å². The Labute approximate surface area is 258 Å². The van der Waals surface area contributed by atoms with Crippen LogP contribution in [0.3, 0.4) is 0 Å². The summed E-state index contributed by atoms with van der Waals surface area (Å²) < 4.78 is 0. The molecule has 0 aliphatic carbocycles. The number of aliphatic hydroxyl groups excluding tert-OH is 1. The molecule has 0 radical (unpaired) electrons. The standard InChI is InChI=1S/C40H58O2/c1-32(2)18-13-22-36(7)25-15-27-37(8)26-14-23-34(5)20-11-12-21-35(6)24-16-28-38(9)29-30-39(41)40(10,42)31-17-19-33(3)4/h11-12,14-16,18-21,23-30,39,41-42H,13,17,22,31H2,1-10H3/b12-11+,23-14+,24-16+,27-15+,30-29+,34-20+,35-21+,36-25+,37-26+,38-28+. The maximum atomic E-state index is 10.5. The van der Waals surface area contributed by atoms with Crippen LogP contribution in [0, 0.1) is 0 Å². The average Bonchev–Trinajstić information content (AvgIpc) is 2.89. The normalized spacial score (nSPS) is 16.8. The zero-order valence-electron chi connectivity index (χ0n) is 28.1. The van der Waals surface area contributed by atoms with Crippen molar-refractivity contribution in [2.45, 2.75) is 107 Å². The van der Waals surface area contributed by atoms with E-state index in [1.54, 1.807) is 13.0 Å². The number of hydrogen-bond acceptors (Lipinski definition) is 2. The molecule has 0 rings (SSSR count). The summed E-state index contributed by atoms with van der Waals surface area (Å²) in [7, 11) is 0. The van der Waals surface area contributed by atoms with E-state index in [-0.39, 0.29) is 0 Å². The van der Waals surface area contributed by atoms with Crippen LogP contribution in [0.4, 0.5) is 0 Å². The Balaban J connectivity index is 4.81. The van der Waals surface area contributed by atoms with Gasteiger partial charge in [-0.2, -0.15) is 0 Å². The second-order valence-corrected chi connectivity index (χ2v) is 11.9. The second-order valence-electron chi connectivity index (χ2n) is 11.9. The summed E-state index contributed by atoms with van der Waals surface area (Å²) in [6, 6.07) is 0. The van der Waals surface area contributed by atoms with E-state index in [0.717, 1.165) is 30.4 Å².